The number of nitrogens with zero attached hydrogens (tertiary/aromatic N) is 15. The fourth-order valence-electron chi connectivity index (χ4n) is 14.3. The van der Waals surface area contributed by atoms with E-state index in [-0.39, 0.29) is 0 Å². The summed E-state index contributed by atoms with van der Waals surface area (Å²) in [6, 6.07) is 28.4. The number of aryl methyl sites for hydroxylation is 6. The average molecular weight is 1340 g/mol. The molecule has 0 bridgehead atoms. The maximum Gasteiger partial charge on any atom is 0.140 e. The zero-order chi connectivity index (χ0) is 65.0. The van der Waals surface area contributed by atoms with E-state index in [2.05, 4.69) is 167 Å². The number of aliphatic hydroxyl groups excluding tert-OH is 2. The molecule has 15 heterocycles. The Labute approximate surface area is 563 Å². The Morgan fingerprint density at radius 3 is 1.65 bits per heavy atom. The molecule has 17 nitrogen and oxygen atoms in total. The Kier molecular flexibility index (Phi) is 19.9. The number of pyridine rings is 7. The quantitative estimate of drug-likeness (QED) is 0.119. The first-order chi connectivity index (χ1) is 45.7. The number of hydrogen-bond donors (Lipinski definition) is 2. The number of aliphatic hydroxyl groups is 2. The fourth-order valence-corrected chi connectivity index (χ4v) is 15.1. The second kappa shape index (κ2) is 28.9. The normalized spacial score (nSPS) is 15.7. The molecule has 1 aromatic carbocycles. The third-order valence-electron chi connectivity index (χ3n) is 19.2. The van der Waals surface area contributed by atoms with Crippen molar-refractivity contribution in [3.63, 3.8) is 0 Å². The summed E-state index contributed by atoms with van der Waals surface area (Å²) in [5, 5.41) is 25.9. The highest BCUT2D eigenvalue weighted by Gasteiger charge is 2.29. The van der Waals surface area contributed by atoms with Crippen molar-refractivity contribution in [3.05, 3.63) is 241 Å². The number of aromatic nitrogens is 11. The average Bonchev–Trinajstić information content (AvgIpc) is 1.67. The summed E-state index contributed by atoms with van der Waals surface area (Å²) in [5.74, 6) is 0. The predicted molar refractivity (Wildman–Crippen MR) is 378 cm³/mol. The highest BCUT2D eigenvalue weighted by molar-refractivity contribution is 9.10. The summed E-state index contributed by atoms with van der Waals surface area (Å²) >= 11 is 10.4. The van der Waals surface area contributed by atoms with E-state index in [1.54, 1.807) is 24.8 Å². The lowest BCUT2D eigenvalue weighted by molar-refractivity contribution is 0.155. The minimum Gasteiger partial charge on any atom is -0.387 e. The first-order valence-electron chi connectivity index (χ1n) is 32.8. The molecular formula is C75H83BrClN15O2. The van der Waals surface area contributed by atoms with Crippen LogP contribution in [0.1, 0.15) is 90.7 Å². The molecule has 0 saturated heterocycles. The smallest absolute Gasteiger partial charge is 0.140 e. The number of likely N-dealkylation sites (N-methyl/N-ethyl adjacent to an activating group) is 4. The lowest BCUT2D eigenvalue weighted by atomic mass is 10.1. The summed E-state index contributed by atoms with van der Waals surface area (Å²) in [6.45, 7) is 15.3. The molecule has 0 saturated carbocycles. The van der Waals surface area contributed by atoms with E-state index in [0.29, 0.717) is 13.1 Å². The van der Waals surface area contributed by atoms with Gasteiger partial charge in [0.25, 0.3) is 0 Å². The molecule has 16 rings (SSSR count). The topological polar surface area (TPSA) is 163 Å². The van der Waals surface area contributed by atoms with Crippen molar-refractivity contribution in [1.82, 2.24) is 72.8 Å². The molecule has 0 amide bonds. The van der Waals surface area contributed by atoms with Crippen LogP contribution in [0.15, 0.2) is 158 Å². The third kappa shape index (κ3) is 13.9. The van der Waals surface area contributed by atoms with Gasteiger partial charge in [0, 0.05) is 208 Å². The highest BCUT2D eigenvalue weighted by Crippen LogP contribution is 2.40. The van der Waals surface area contributed by atoms with Crippen LogP contribution >= 0.6 is 27.5 Å². The van der Waals surface area contributed by atoms with Gasteiger partial charge in [-0.05, 0) is 178 Å². The van der Waals surface area contributed by atoms with Gasteiger partial charge in [0.2, 0.25) is 0 Å². The molecule has 0 radical (unpaired) electrons. The molecular weight excluding hydrogens is 1260 g/mol. The molecule has 94 heavy (non-hydrogen) atoms. The van der Waals surface area contributed by atoms with Crippen molar-refractivity contribution in [2.75, 3.05) is 54.4 Å². The number of hydrogen-bond acceptors (Lipinski definition) is 13. The van der Waals surface area contributed by atoms with Crippen molar-refractivity contribution < 1.29 is 10.2 Å². The number of rotatable bonds is 12. The molecule has 11 aromatic heterocycles. The van der Waals surface area contributed by atoms with Gasteiger partial charge in [-0.3, -0.25) is 29.9 Å². The molecule has 2 atom stereocenters. The van der Waals surface area contributed by atoms with E-state index >= 15 is 0 Å². The van der Waals surface area contributed by atoms with E-state index in [1.165, 1.54) is 77.9 Å². The minimum atomic E-state index is -0.544. The van der Waals surface area contributed by atoms with Crippen LogP contribution in [0.5, 0.6) is 0 Å². The molecule has 19 heteroatoms. The van der Waals surface area contributed by atoms with Gasteiger partial charge < -0.3 is 48.1 Å². The van der Waals surface area contributed by atoms with Gasteiger partial charge in [0.1, 0.15) is 5.65 Å². The van der Waals surface area contributed by atoms with Gasteiger partial charge in [-0.1, -0.05) is 33.6 Å². The van der Waals surface area contributed by atoms with Crippen molar-refractivity contribution in [3.8, 4) is 0 Å². The highest BCUT2D eigenvalue weighted by atomic mass is 79.9. The van der Waals surface area contributed by atoms with Gasteiger partial charge in [-0.25, -0.2) is 4.98 Å². The summed E-state index contributed by atoms with van der Waals surface area (Å²) in [5.41, 5.74) is 23.4. The van der Waals surface area contributed by atoms with Crippen LogP contribution in [0.3, 0.4) is 0 Å². The molecule has 12 aromatic rings. The molecule has 484 valence electrons. The van der Waals surface area contributed by atoms with Crippen molar-refractivity contribution in [1.29, 1.82) is 0 Å². The molecule has 2 N–H and O–H groups in total. The zero-order valence-electron chi connectivity index (χ0n) is 54.7. The molecule has 4 aliphatic heterocycles. The second-order valence-corrected chi connectivity index (χ2v) is 27.1. The first-order valence-corrected chi connectivity index (χ1v) is 34.0. The van der Waals surface area contributed by atoms with Crippen LogP contribution in [-0.4, -0.2) is 137 Å². The lowest BCUT2D eigenvalue weighted by Gasteiger charge is -2.25. The number of benzene rings is 1. The predicted octanol–water partition coefficient (Wildman–Crippen LogP) is 12.3. The van der Waals surface area contributed by atoms with E-state index < -0.39 is 12.2 Å². The van der Waals surface area contributed by atoms with Gasteiger partial charge in [0.05, 0.1) is 58.6 Å². The Hall–Kier alpha value is -8.04. The van der Waals surface area contributed by atoms with Gasteiger partial charge in [-0.15, -0.1) is 0 Å². The van der Waals surface area contributed by atoms with Crippen molar-refractivity contribution >= 4 is 71.4 Å². The minimum absolute atomic E-state index is 0.544. The van der Waals surface area contributed by atoms with Crippen LogP contribution in [0.4, 0.5) is 0 Å². The largest absolute Gasteiger partial charge is 0.387 e. The molecule has 4 aliphatic rings. The van der Waals surface area contributed by atoms with E-state index in [0.717, 1.165) is 158 Å². The zero-order valence-corrected chi connectivity index (χ0v) is 57.0. The van der Waals surface area contributed by atoms with Crippen LogP contribution in [0, 0.1) is 13.8 Å². The summed E-state index contributed by atoms with van der Waals surface area (Å²) < 4.78 is 10.5. The lowest BCUT2D eigenvalue weighted by Crippen LogP contribution is -2.27. The van der Waals surface area contributed by atoms with Crippen LogP contribution in [-0.2, 0) is 90.9 Å². The van der Waals surface area contributed by atoms with Crippen molar-refractivity contribution in [2.45, 2.75) is 117 Å². The van der Waals surface area contributed by atoms with Gasteiger partial charge in [-0.2, -0.15) is 0 Å². The summed E-state index contributed by atoms with van der Waals surface area (Å²) in [7, 11) is 8.68. The molecule has 2 unspecified atom stereocenters. The van der Waals surface area contributed by atoms with Crippen molar-refractivity contribution in [2.24, 2.45) is 0 Å². The Morgan fingerprint density at radius 1 is 0.489 bits per heavy atom. The second-order valence-electron chi connectivity index (χ2n) is 25.8. The van der Waals surface area contributed by atoms with E-state index in [1.807, 2.05) is 86.7 Å². The van der Waals surface area contributed by atoms with Crippen LogP contribution in [0.2, 0.25) is 5.02 Å². The monoisotopic (exact) mass is 1340 g/mol. The summed E-state index contributed by atoms with van der Waals surface area (Å²) in [4.78, 5) is 39.6. The third-order valence-corrected chi connectivity index (χ3v) is 20.2. The van der Waals surface area contributed by atoms with Gasteiger partial charge >= 0.3 is 0 Å². The molecule has 0 aliphatic carbocycles. The fraction of sp³-hybridized carbons (Fsp3) is 0.347. The maximum absolute atomic E-state index is 10.6. The Bertz CT molecular complexity index is 4450. The standard InChI is InChI=1S/C20H21BrClN3.C19H22N4.2C18H20N4O/c1-13-3-4-14(11-23-13)7-10-25-18-8-9-24(2)12-15(18)19-16(21)5-6-17(22)20(19)25;1-14-11-16-17-13-22(2)9-6-18(17)23(19(16)21-12-14)10-5-15-3-7-20-8-4-15;1-21-9-5-16-15(11-21)14-4-8-20-10-17(14)22(16)12-18(23)13-2-6-19-7-3-13;1-21-10-6-15-14(11-21)18-16(3-2-7-20-18)22(15)12-17(23)13-4-8-19-9-5-13/h3-6,11H,7-10,12H2,1-2H3;3-4,7-8,11-12H,5-6,9-10,13H2,1-2H3;2-4,6-8,10,18,23H,5,9,11-12H2,1H3;2-5,7-9,17,23H,6,10-12H2,1H3. The van der Waals surface area contributed by atoms with E-state index in [4.69, 9.17) is 16.6 Å². The molecule has 0 fully saturated rings. The summed E-state index contributed by atoms with van der Waals surface area (Å²) in [6.07, 6.45) is 25.3. The van der Waals surface area contributed by atoms with Crippen LogP contribution in [0.25, 0.3) is 43.9 Å². The number of fused-ring (bicyclic) bond motifs is 12. The Morgan fingerprint density at radius 2 is 1.02 bits per heavy atom. The molecule has 0 spiro atoms. The number of halogens is 2. The maximum atomic E-state index is 10.6. The SMILES string of the molecule is CN1CCc2c(c3ccncc3n2CC(O)c2ccncc2)C1.CN1CCc2c(c3ncccc3n2CC(O)c2ccncc2)C1.Cc1ccc(CCn2c3c(c4c(Br)ccc(Cl)c42)CN(C)CC3)cn1.Cc1cnc2c(c1)c1c(n2CCc2ccncc2)CCN(C)C1. The first kappa shape index (κ1) is 64.7. The van der Waals surface area contributed by atoms with Crippen LogP contribution < -0.4 is 0 Å². The Balaban J connectivity index is 0.000000114. The van der Waals surface area contributed by atoms with Gasteiger partial charge in [0.15, 0.2) is 0 Å². The van der Waals surface area contributed by atoms with E-state index in [9.17, 15) is 10.2 Å².